The molecule has 0 aliphatic rings. The van der Waals surface area contributed by atoms with Crippen LogP contribution in [0.1, 0.15) is 0 Å². The van der Waals surface area contributed by atoms with Crippen LogP contribution in [-0.2, 0) is 11.3 Å². The number of nitrogens with one attached hydrogen (secondary N) is 2. The van der Waals surface area contributed by atoms with E-state index in [0.29, 0.717) is 11.6 Å². The minimum Gasteiger partial charge on any atom is -0.398 e. The largest absolute Gasteiger partial charge is 0.398 e. The van der Waals surface area contributed by atoms with Gasteiger partial charge in [0.15, 0.2) is 0 Å². The van der Waals surface area contributed by atoms with E-state index in [1.165, 1.54) is 29.1 Å². The first-order valence-electron chi connectivity index (χ1n) is 4.90. The second-order valence-corrected chi connectivity index (χ2v) is 3.41. The molecule has 0 aliphatic heterocycles. The maximum Gasteiger partial charge on any atom is 0.251 e. The fourth-order valence-corrected chi connectivity index (χ4v) is 1.33. The minimum absolute atomic E-state index is 0.107. The smallest absolute Gasteiger partial charge is 0.251 e. The fourth-order valence-electron chi connectivity index (χ4n) is 1.33. The quantitative estimate of drug-likeness (QED) is 0.682. The molecular weight excluding hydrogens is 222 g/mol. The van der Waals surface area contributed by atoms with E-state index in [1.54, 1.807) is 6.20 Å². The number of aromatic amines is 1. The van der Waals surface area contributed by atoms with Crippen molar-refractivity contribution in [3.05, 3.63) is 41.1 Å². The van der Waals surface area contributed by atoms with Crippen molar-refractivity contribution >= 4 is 17.5 Å². The predicted octanol–water partition coefficient (Wildman–Crippen LogP) is -0.208. The Labute approximate surface area is 96.3 Å². The lowest BCUT2D eigenvalue weighted by Gasteiger charge is -2.05. The Hall–Kier alpha value is -2.57. The molecule has 2 aromatic heterocycles. The van der Waals surface area contributed by atoms with Gasteiger partial charge in [0.25, 0.3) is 5.56 Å². The third kappa shape index (κ3) is 2.71. The summed E-state index contributed by atoms with van der Waals surface area (Å²) in [6.07, 6.45) is 4.52. The Morgan fingerprint density at radius 3 is 3.06 bits per heavy atom. The van der Waals surface area contributed by atoms with Gasteiger partial charge in [-0.1, -0.05) is 0 Å². The number of hydrogen-bond acceptors (Lipinski definition) is 4. The standard InChI is InChI=1S/C10H11N5O2/c11-7-1-2-9(17)15(5-7)6-8(16)14-10-12-3-4-13-10/h1-5H,6,11H2,(H2,12,13,14,16). The first-order chi connectivity index (χ1) is 8.15. The van der Waals surface area contributed by atoms with Crippen molar-refractivity contribution in [2.24, 2.45) is 0 Å². The average molecular weight is 233 g/mol. The molecule has 2 aromatic rings. The monoisotopic (exact) mass is 233 g/mol. The van der Waals surface area contributed by atoms with Crippen LogP contribution < -0.4 is 16.6 Å². The maximum atomic E-state index is 11.6. The van der Waals surface area contributed by atoms with Crippen molar-refractivity contribution < 1.29 is 4.79 Å². The van der Waals surface area contributed by atoms with E-state index in [0.717, 1.165) is 0 Å². The Balaban J connectivity index is 2.08. The van der Waals surface area contributed by atoms with Gasteiger partial charge in [-0.2, -0.15) is 0 Å². The molecule has 0 unspecified atom stereocenters. The second kappa shape index (κ2) is 4.52. The molecular formula is C10H11N5O2. The molecule has 0 saturated heterocycles. The van der Waals surface area contributed by atoms with Crippen LogP contribution in [0.5, 0.6) is 0 Å². The number of imidazole rings is 1. The normalized spacial score (nSPS) is 10.1. The van der Waals surface area contributed by atoms with Gasteiger partial charge in [0, 0.05) is 30.3 Å². The number of nitrogens with two attached hydrogens (primary N) is 1. The van der Waals surface area contributed by atoms with Crippen molar-refractivity contribution in [1.29, 1.82) is 0 Å². The van der Waals surface area contributed by atoms with Gasteiger partial charge in [-0.15, -0.1) is 0 Å². The number of amides is 1. The Kier molecular flexibility index (Phi) is 2.91. The van der Waals surface area contributed by atoms with E-state index in [4.69, 9.17) is 5.73 Å². The van der Waals surface area contributed by atoms with Crippen molar-refractivity contribution in [3.63, 3.8) is 0 Å². The van der Waals surface area contributed by atoms with Crippen LogP contribution in [0.3, 0.4) is 0 Å². The maximum absolute atomic E-state index is 11.6. The van der Waals surface area contributed by atoms with Crippen molar-refractivity contribution in [2.45, 2.75) is 6.54 Å². The Morgan fingerprint density at radius 1 is 1.53 bits per heavy atom. The van der Waals surface area contributed by atoms with Crippen LogP contribution >= 0.6 is 0 Å². The van der Waals surface area contributed by atoms with Crippen molar-refractivity contribution in [1.82, 2.24) is 14.5 Å². The predicted molar refractivity (Wildman–Crippen MR) is 62.3 cm³/mol. The number of nitrogens with zero attached hydrogens (tertiary/aromatic N) is 2. The molecule has 0 aromatic carbocycles. The summed E-state index contributed by atoms with van der Waals surface area (Å²) < 4.78 is 1.23. The van der Waals surface area contributed by atoms with E-state index in [1.807, 2.05) is 0 Å². The summed E-state index contributed by atoms with van der Waals surface area (Å²) in [5.74, 6) is -0.0143. The van der Waals surface area contributed by atoms with Crippen molar-refractivity contribution in [2.75, 3.05) is 11.1 Å². The lowest BCUT2D eigenvalue weighted by Crippen LogP contribution is -2.27. The molecule has 2 rings (SSSR count). The zero-order valence-corrected chi connectivity index (χ0v) is 8.88. The van der Waals surface area contributed by atoms with Gasteiger partial charge < -0.3 is 15.3 Å². The number of hydrogen-bond donors (Lipinski definition) is 3. The van der Waals surface area contributed by atoms with Gasteiger partial charge in [-0.25, -0.2) is 4.98 Å². The first kappa shape index (κ1) is 10.9. The van der Waals surface area contributed by atoms with Crippen LogP contribution in [0.4, 0.5) is 11.6 Å². The number of carbonyl (C=O) groups excluding carboxylic acids is 1. The molecule has 0 spiro atoms. The summed E-state index contributed by atoms with van der Waals surface area (Å²) in [7, 11) is 0. The summed E-state index contributed by atoms with van der Waals surface area (Å²) in [5.41, 5.74) is 5.67. The van der Waals surface area contributed by atoms with Crippen LogP contribution in [-0.4, -0.2) is 20.4 Å². The molecule has 0 aliphatic carbocycles. The number of H-pyrrole nitrogens is 1. The number of rotatable bonds is 3. The summed E-state index contributed by atoms with van der Waals surface area (Å²) in [6.45, 7) is -0.107. The summed E-state index contributed by atoms with van der Waals surface area (Å²) in [6, 6.07) is 2.80. The van der Waals surface area contributed by atoms with E-state index in [9.17, 15) is 9.59 Å². The molecule has 1 amide bonds. The topological polar surface area (TPSA) is 106 Å². The Morgan fingerprint density at radius 2 is 2.35 bits per heavy atom. The van der Waals surface area contributed by atoms with Crippen molar-refractivity contribution in [3.8, 4) is 0 Å². The van der Waals surface area contributed by atoms with Crippen LogP contribution in [0.15, 0.2) is 35.5 Å². The van der Waals surface area contributed by atoms with Gasteiger partial charge in [0.2, 0.25) is 11.9 Å². The van der Waals surface area contributed by atoms with E-state index >= 15 is 0 Å². The molecule has 7 nitrogen and oxygen atoms in total. The van der Waals surface area contributed by atoms with Gasteiger partial charge in [-0.3, -0.25) is 14.9 Å². The van der Waals surface area contributed by atoms with Crippen LogP contribution in [0.25, 0.3) is 0 Å². The van der Waals surface area contributed by atoms with Gasteiger partial charge >= 0.3 is 0 Å². The third-order valence-electron chi connectivity index (χ3n) is 2.08. The number of nitrogen functional groups attached to an aromatic ring is 1. The lowest BCUT2D eigenvalue weighted by molar-refractivity contribution is -0.116. The molecule has 0 bridgehead atoms. The molecule has 2 heterocycles. The highest BCUT2D eigenvalue weighted by Crippen LogP contribution is 1.98. The molecule has 17 heavy (non-hydrogen) atoms. The molecule has 0 radical (unpaired) electrons. The lowest BCUT2D eigenvalue weighted by atomic mass is 10.4. The zero-order valence-electron chi connectivity index (χ0n) is 8.88. The number of anilines is 2. The molecule has 0 fully saturated rings. The van der Waals surface area contributed by atoms with Crippen LogP contribution in [0, 0.1) is 0 Å². The molecule has 0 saturated carbocycles. The summed E-state index contributed by atoms with van der Waals surface area (Å²) in [5, 5.41) is 2.51. The third-order valence-corrected chi connectivity index (χ3v) is 2.08. The number of carbonyl (C=O) groups is 1. The van der Waals surface area contributed by atoms with E-state index in [2.05, 4.69) is 15.3 Å². The van der Waals surface area contributed by atoms with Gasteiger partial charge in [0.05, 0.1) is 0 Å². The zero-order chi connectivity index (χ0) is 12.3. The SMILES string of the molecule is Nc1ccc(=O)n(CC(=O)Nc2ncc[nH]2)c1. The average Bonchev–Trinajstić information content (AvgIpc) is 2.76. The summed E-state index contributed by atoms with van der Waals surface area (Å²) in [4.78, 5) is 29.5. The van der Waals surface area contributed by atoms with Crippen LogP contribution in [0.2, 0.25) is 0 Å². The second-order valence-electron chi connectivity index (χ2n) is 3.41. The fraction of sp³-hybridized carbons (Fsp3) is 0.100. The molecule has 7 heteroatoms. The highest BCUT2D eigenvalue weighted by Gasteiger charge is 2.06. The number of aromatic nitrogens is 3. The molecule has 0 atom stereocenters. The highest BCUT2D eigenvalue weighted by atomic mass is 16.2. The molecule has 4 N–H and O–H groups in total. The van der Waals surface area contributed by atoms with E-state index in [-0.39, 0.29) is 18.0 Å². The molecule has 88 valence electrons. The Bertz CT molecular complexity index is 573. The first-order valence-corrected chi connectivity index (χ1v) is 4.90. The number of pyridine rings is 1. The van der Waals surface area contributed by atoms with Gasteiger partial charge in [0.1, 0.15) is 6.54 Å². The summed E-state index contributed by atoms with van der Waals surface area (Å²) >= 11 is 0. The highest BCUT2D eigenvalue weighted by molar-refractivity contribution is 5.88. The minimum atomic E-state index is -0.354. The van der Waals surface area contributed by atoms with E-state index < -0.39 is 0 Å². The van der Waals surface area contributed by atoms with Gasteiger partial charge in [-0.05, 0) is 6.07 Å².